The molecule has 134 valence electrons. The summed E-state index contributed by atoms with van der Waals surface area (Å²) in [5.41, 5.74) is 2.97. The average molecular weight is 359 g/mol. The Kier molecular flexibility index (Phi) is 4.39. The van der Waals surface area contributed by atoms with Gasteiger partial charge in [0.25, 0.3) is 5.91 Å². The molecule has 4 rings (SSSR count). The van der Waals surface area contributed by atoms with E-state index in [0.29, 0.717) is 5.69 Å². The van der Waals surface area contributed by atoms with Gasteiger partial charge in [-0.1, -0.05) is 0 Å². The fourth-order valence-corrected chi connectivity index (χ4v) is 4.62. The van der Waals surface area contributed by atoms with E-state index in [1.807, 2.05) is 28.0 Å². The molecule has 0 aromatic carbocycles. The molecule has 2 aliphatic heterocycles. The minimum absolute atomic E-state index is 0.0961. The van der Waals surface area contributed by atoms with Crippen LogP contribution in [0, 0.1) is 6.92 Å². The maximum Gasteiger partial charge on any atom is 0.274 e. The van der Waals surface area contributed by atoms with Crippen LogP contribution < -0.4 is 0 Å². The summed E-state index contributed by atoms with van der Waals surface area (Å²) in [6.45, 7) is 8.21. The minimum atomic E-state index is 0.0961. The van der Waals surface area contributed by atoms with Crippen molar-refractivity contribution >= 4 is 17.2 Å². The molecule has 2 aliphatic rings. The van der Waals surface area contributed by atoms with Crippen molar-refractivity contribution in [1.82, 2.24) is 24.5 Å². The molecule has 25 heavy (non-hydrogen) atoms. The van der Waals surface area contributed by atoms with Gasteiger partial charge in [0.1, 0.15) is 0 Å². The molecule has 0 unspecified atom stereocenters. The number of fused-ring (bicyclic) bond motifs is 1. The molecular formula is C18H25N5OS. The summed E-state index contributed by atoms with van der Waals surface area (Å²) < 4.78 is 1.90. The molecular weight excluding hydrogens is 334 g/mol. The van der Waals surface area contributed by atoms with Crippen molar-refractivity contribution < 1.29 is 4.79 Å². The first kappa shape index (κ1) is 16.8. The quantitative estimate of drug-likeness (QED) is 0.837. The van der Waals surface area contributed by atoms with Crippen LogP contribution in [-0.2, 0) is 26.7 Å². The van der Waals surface area contributed by atoms with Crippen molar-refractivity contribution in [3.63, 3.8) is 0 Å². The average Bonchev–Trinajstić information content (AvgIpc) is 3.25. The first-order chi connectivity index (χ1) is 12.0. The van der Waals surface area contributed by atoms with Crippen LogP contribution in [0.2, 0.25) is 0 Å². The van der Waals surface area contributed by atoms with Crippen molar-refractivity contribution in [2.45, 2.75) is 26.6 Å². The Morgan fingerprint density at radius 3 is 2.60 bits per heavy atom. The summed E-state index contributed by atoms with van der Waals surface area (Å²) in [7, 11) is 4.06. The van der Waals surface area contributed by atoms with Crippen LogP contribution in [0.4, 0.5) is 0 Å². The molecule has 0 atom stereocenters. The van der Waals surface area contributed by atoms with Crippen molar-refractivity contribution in [3.8, 4) is 0 Å². The number of hydrogen-bond donors (Lipinski definition) is 0. The molecule has 0 spiro atoms. The van der Waals surface area contributed by atoms with E-state index in [9.17, 15) is 4.79 Å². The molecule has 0 N–H and O–H groups in total. The van der Waals surface area contributed by atoms with Crippen LogP contribution in [0.15, 0.2) is 12.1 Å². The van der Waals surface area contributed by atoms with Gasteiger partial charge in [0.15, 0.2) is 5.69 Å². The van der Waals surface area contributed by atoms with Gasteiger partial charge in [-0.25, -0.2) is 0 Å². The highest BCUT2D eigenvalue weighted by molar-refractivity contribution is 7.11. The van der Waals surface area contributed by atoms with E-state index in [1.165, 1.54) is 15.4 Å². The van der Waals surface area contributed by atoms with Crippen LogP contribution in [0.1, 0.15) is 31.5 Å². The molecule has 2 aromatic heterocycles. The standard InChI is InChI=1S/C18H25N5OS/c1-13-4-5-14(25-13)10-22-11-15-16(12-22)21(3)19-17(15)18(24)23-8-6-20(2)7-9-23/h4-5H,6-12H2,1-3H3. The Hall–Kier alpha value is -1.70. The number of nitrogens with zero attached hydrogens (tertiary/aromatic N) is 5. The molecule has 0 aliphatic carbocycles. The predicted octanol–water partition coefficient (Wildman–Crippen LogP) is 1.69. The Morgan fingerprint density at radius 1 is 1.16 bits per heavy atom. The summed E-state index contributed by atoms with van der Waals surface area (Å²) in [5, 5.41) is 4.56. The van der Waals surface area contributed by atoms with Gasteiger partial charge in [0.05, 0.1) is 5.69 Å². The maximum atomic E-state index is 13.0. The molecule has 1 amide bonds. The van der Waals surface area contributed by atoms with E-state index in [0.717, 1.165) is 51.4 Å². The van der Waals surface area contributed by atoms with Gasteiger partial charge >= 0.3 is 0 Å². The van der Waals surface area contributed by atoms with Crippen LogP contribution in [0.5, 0.6) is 0 Å². The summed E-state index contributed by atoms with van der Waals surface area (Å²) >= 11 is 1.85. The van der Waals surface area contributed by atoms with Crippen LogP contribution in [0.3, 0.4) is 0 Å². The summed E-state index contributed by atoms with van der Waals surface area (Å²) in [6, 6.07) is 4.38. The molecule has 4 heterocycles. The van der Waals surface area contributed by atoms with Crippen molar-refractivity contribution in [2.75, 3.05) is 33.2 Å². The second-order valence-corrected chi connectivity index (χ2v) is 8.52. The number of amides is 1. The number of piperazine rings is 1. The third-order valence-electron chi connectivity index (χ3n) is 5.20. The predicted molar refractivity (Wildman–Crippen MR) is 98.6 cm³/mol. The second kappa shape index (κ2) is 6.55. The van der Waals surface area contributed by atoms with E-state index < -0.39 is 0 Å². The van der Waals surface area contributed by atoms with Crippen molar-refractivity contribution in [3.05, 3.63) is 38.8 Å². The van der Waals surface area contributed by atoms with Crippen LogP contribution in [0.25, 0.3) is 0 Å². The van der Waals surface area contributed by atoms with Crippen molar-refractivity contribution in [1.29, 1.82) is 0 Å². The highest BCUT2D eigenvalue weighted by Crippen LogP contribution is 2.29. The van der Waals surface area contributed by atoms with Gasteiger partial charge < -0.3 is 9.80 Å². The molecule has 1 fully saturated rings. The Morgan fingerprint density at radius 2 is 1.92 bits per heavy atom. The van der Waals surface area contributed by atoms with Gasteiger partial charge in [-0.05, 0) is 26.1 Å². The first-order valence-corrected chi connectivity index (χ1v) is 9.63. The zero-order valence-electron chi connectivity index (χ0n) is 15.2. The number of carbonyl (C=O) groups excluding carboxylic acids is 1. The zero-order chi connectivity index (χ0) is 17.6. The normalized spacial score (nSPS) is 18.8. The van der Waals surface area contributed by atoms with Gasteiger partial charge in [-0.15, -0.1) is 11.3 Å². The summed E-state index contributed by atoms with van der Waals surface area (Å²) in [6.07, 6.45) is 0. The molecule has 1 saturated heterocycles. The molecule has 6 nitrogen and oxygen atoms in total. The Labute approximate surface area is 152 Å². The lowest BCUT2D eigenvalue weighted by atomic mass is 10.2. The maximum absolute atomic E-state index is 13.0. The molecule has 0 bridgehead atoms. The minimum Gasteiger partial charge on any atom is -0.335 e. The van der Waals surface area contributed by atoms with Gasteiger partial charge in [0, 0.05) is 68.2 Å². The zero-order valence-corrected chi connectivity index (χ0v) is 16.0. The lowest BCUT2D eigenvalue weighted by molar-refractivity contribution is 0.0655. The van der Waals surface area contributed by atoms with E-state index >= 15 is 0 Å². The topological polar surface area (TPSA) is 44.6 Å². The van der Waals surface area contributed by atoms with Gasteiger partial charge in [-0.2, -0.15) is 5.10 Å². The SMILES string of the molecule is Cc1ccc(CN2Cc3c(C(=O)N4CCN(C)CC4)nn(C)c3C2)s1. The number of aryl methyl sites for hydroxylation is 2. The highest BCUT2D eigenvalue weighted by atomic mass is 32.1. The molecule has 7 heteroatoms. The highest BCUT2D eigenvalue weighted by Gasteiger charge is 2.32. The van der Waals surface area contributed by atoms with E-state index in [2.05, 4.69) is 41.0 Å². The van der Waals surface area contributed by atoms with Crippen LogP contribution >= 0.6 is 11.3 Å². The summed E-state index contributed by atoms with van der Waals surface area (Å²) in [5.74, 6) is 0.0961. The molecule has 0 radical (unpaired) electrons. The van der Waals surface area contributed by atoms with E-state index in [4.69, 9.17) is 0 Å². The monoisotopic (exact) mass is 359 g/mol. The first-order valence-electron chi connectivity index (χ1n) is 8.81. The molecule has 2 aromatic rings. The second-order valence-electron chi connectivity index (χ2n) is 7.15. The fourth-order valence-electron chi connectivity index (χ4n) is 3.69. The number of thiophene rings is 1. The number of likely N-dealkylation sites (N-methyl/N-ethyl adjacent to an activating group) is 1. The van der Waals surface area contributed by atoms with Gasteiger partial charge in [0.2, 0.25) is 0 Å². The smallest absolute Gasteiger partial charge is 0.274 e. The number of aromatic nitrogens is 2. The summed E-state index contributed by atoms with van der Waals surface area (Å²) in [4.78, 5) is 22.3. The largest absolute Gasteiger partial charge is 0.335 e. The lowest BCUT2D eigenvalue weighted by Gasteiger charge is -2.32. The van der Waals surface area contributed by atoms with E-state index in [1.54, 1.807) is 0 Å². The number of hydrogen-bond acceptors (Lipinski definition) is 5. The van der Waals surface area contributed by atoms with Gasteiger partial charge in [-0.3, -0.25) is 14.4 Å². The number of carbonyl (C=O) groups is 1. The molecule has 0 saturated carbocycles. The van der Waals surface area contributed by atoms with Crippen molar-refractivity contribution in [2.24, 2.45) is 7.05 Å². The van der Waals surface area contributed by atoms with E-state index in [-0.39, 0.29) is 5.91 Å². The lowest BCUT2D eigenvalue weighted by Crippen LogP contribution is -2.47. The Balaban J connectivity index is 1.50. The third-order valence-corrected chi connectivity index (χ3v) is 6.18. The fraction of sp³-hybridized carbons (Fsp3) is 0.556. The third kappa shape index (κ3) is 3.23. The Bertz CT molecular complexity index is 787. The number of rotatable bonds is 3. The van der Waals surface area contributed by atoms with Crippen LogP contribution in [-0.4, -0.2) is 63.6 Å².